The Morgan fingerprint density at radius 2 is 2.00 bits per heavy atom. The van der Waals surface area contributed by atoms with Crippen molar-refractivity contribution in [1.29, 1.82) is 0 Å². The third-order valence-corrected chi connectivity index (χ3v) is 4.27. The molecule has 0 radical (unpaired) electrons. The zero-order valence-electron chi connectivity index (χ0n) is 12.0. The minimum absolute atomic E-state index is 0.0748. The molecule has 0 aromatic rings. The molecule has 1 atom stereocenters. The van der Waals surface area contributed by atoms with Gasteiger partial charge in [0.1, 0.15) is 0 Å². The molecule has 1 N–H and O–H groups in total. The number of nitrogens with one attached hydrogen (secondary N) is 1. The Balaban J connectivity index is 1.83. The van der Waals surface area contributed by atoms with E-state index in [0.29, 0.717) is 6.04 Å². The summed E-state index contributed by atoms with van der Waals surface area (Å²) in [4.78, 5) is 0. The summed E-state index contributed by atoms with van der Waals surface area (Å²) < 4.78 is 16.9. The second kappa shape index (κ2) is 5.87. The molecule has 1 spiro atoms. The van der Waals surface area contributed by atoms with Crippen molar-refractivity contribution in [1.82, 2.24) is 5.32 Å². The summed E-state index contributed by atoms with van der Waals surface area (Å²) in [5.74, 6) is 0. The van der Waals surface area contributed by atoms with E-state index in [1.807, 2.05) is 0 Å². The number of methoxy groups -OCH3 is 1. The zero-order valence-corrected chi connectivity index (χ0v) is 12.0. The van der Waals surface area contributed by atoms with Gasteiger partial charge in [-0.2, -0.15) is 0 Å². The monoisotopic (exact) mass is 257 g/mol. The van der Waals surface area contributed by atoms with E-state index < -0.39 is 0 Å². The van der Waals surface area contributed by atoms with Crippen molar-refractivity contribution in [3.63, 3.8) is 0 Å². The first-order valence-corrected chi connectivity index (χ1v) is 7.06. The Hall–Kier alpha value is -0.160. The van der Waals surface area contributed by atoms with Gasteiger partial charge >= 0.3 is 0 Å². The predicted octanol–water partition coefficient (Wildman–Crippen LogP) is 1.73. The Morgan fingerprint density at radius 3 is 2.67 bits per heavy atom. The highest BCUT2D eigenvalue weighted by Crippen LogP contribution is 2.34. The maximum Gasteiger partial charge on any atom is 0.0746 e. The third-order valence-electron chi connectivity index (χ3n) is 4.27. The molecular weight excluding hydrogens is 230 g/mol. The number of rotatable bonds is 4. The largest absolute Gasteiger partial charge is 0.381 e. The summed E-state index contributed by atoms with van der Waals surface area (Å²) in [7, 11) is 1.77. The molecule has 4 nitrogen and oxygen atoms in total. The molecule has 2 rings (SSSR count). The molecule has 0 saturated carbocycles. The predicted molar refractivity (Wildman–Crippen MR) is 70.8 cm³/mol. The Bertz CT molecular complexity index is 256. The van der Waals surface area contributed by atoms with Gasteiger partial charge in [-0.15, -0.1) is 0 Å². The first-order chi connectivity index (χ1) is 8.55. The fraction of sp³-hybridized carbons (Fsp3) is 1.00. The standard InChI is InChI=1S/C14H27NO3/c1-13(2,16-3)11-15-12-4-7-18-14(10-12)5-8-17-9-6-14/h12,15H,4-11H2,1-3H3. The average molecular weight is 257 g/mol. The maximum absolute atomic E-state index is 6.04. The molecule has 2 aliphatic rings. The van der Waals surface area contributed by atoms with E-state index in [1.165, 1.54) is 0 Å². The molecule has 0 bridgehead atoms. The molecule has 106 valence electrons. The highest BCUT2D eigenvalue weighted by atomic mass is 16.5. The van der Waals surface area contributed by atoms with Crippen LogP contribution in [0, 0.1) is 0 Å². The van der Waals surface area contributed by atoms with Crippen molar-refractivity contribution < 1.29 is 14.2 Å². The number of hydrogen-bond donors (Lipinski definition) is 1. The van der Waals surface area contributed by atoms with Gasteiger partial charge in [0, 0.05) is 39.5 Å². The lowest BCUT2D eigenvalue weighted by Crippen LogP contribution is -2.52. The van der Waals surface area contributed by atoms with Gasteiger partial charge in [0.25, 0.3) is 0 Å². The fourth-order valence-corrected chi connectivity index (χ4v) is 2.76. The zero-order chi connectivity index (χ0) is 13.1. The molecule has 18 heavy (non-hydrogen) atoms. The van der Waals surface area contributed by atoms with Gasteiger partial charge in [0.2, 0.25) is 0 Å². The summed E-state index contributed by atoms with van der Waals surface area (Å²) in [5, 5.41) is 3.64. The van der Waals surface area contributed by atoms with Crippen LogP contribution in [0.1, 0.15) is 39.5 Å². The Morgan fingerprint density at radius 1 is 1.28 bits per heavy atom. The van der Waals surface area contributed by atoms with Crippen LogP contribution in [0.5, 0.6) is 0 Å². The van der Waals surface area contributed by atoms with E-state index in [0.717, 1.165) is 52.0 Å². The molecule has 4 heteroatoms. The average Bonchev–Trinajstić information content (AvgIpc) is 2.38. The Kier molecular flexibility index (Phi) is 4.64. The van der Waals surface area contributed by atoms with E-state index in [-0.39, 0.29) is 11.2 Å². The quantitative estimate of drug-likeness (QED) is 0.832. The lowest BCUT2D eigenvalue weighted by Gasteiger charge is -2.44. The van der Waals surface area contributed by atoms with Crippen LogP contribution in [-0.4, -0.2) is 50.7 Å². The van der Waals surface area contributed by atoms with Gasteiger partial charge in [0.05, 0.1) is 11.2 Å². The van der Waals surface area contributed by atoms with Crippen LogP contribution >= 0.6 is 0 Å². The van der Waals surface area contributed by atoms with Gasteiger partial charge in [-0.05, 0) is 39.5 Å². The second-order valence-electron chi connectivity index (χ2n) is 6.18. The van der Waals surface area contributed by atoms with Gasteiger partial charge in [-0.25, -0.2) is 0 Å². The smallest absolute Gasteiger partial charge is 0.0746 e. The van der Waals surface area contributed by atoms with Crippen LogP contribution in [0.3, 0.4) is 0 Å². The van der Waals surface area contributed by atoms with Crippen molar-refractivity contribution in [2.45, 2.75) is 56.8 Å². The summed E-state index contributed by atoms with van der Waals surface area (Å²) in [5.41, 5.74) is -0.0213. The van der Waals surface area contributed by atoms with E-state index >= 15 is 0 Å². The maximum atomic E-state index is 6.04. The van der Waals surface area contributed by atoms with E-state index in [2.05, 4.69) is 19.2 Å². The van der Waals surface area contributed by atoms with E-state index in [4.69, 9.17) is 14.2 Å². The molecule has 2 saturated heterocycles. The second-order valence-corrected chi connectivity index (χ2v) is 6.18. The first-order valence-electron chi connectivity index (χ1n) is 7.06. The van der Waals surface area contributed by atoms with Gasteiger partial charge in [-0.1, -0.05) is 0 Å². The molecule has 0 aromatic carbocycles. The normalized spacial score (nSPS) is 28.5. The van der Waals surface area contributed by atoms with Crippen molar-refractivity contribution in [2.75, 3.05) is 33.5 Å². The minimum Gasteiger partial charge on any atom is -0.381 e. The molecule has 0 aromatic heterocycles. The topological polar surface area (TPSA) is 39.7 Å². The van der Waals surface area contributed by atoms with Gasteiger partial charge in [0.15, 0.2) is 0 Å². The number of ether oxygens (including phenoxy) is 3. The fourth-order valence-electron chi connectivity index (χ4n) is 2.76. The Labute approximate surface area is 110 Å². The third kappa shape index (κ3) is 3.67. The summed E-state index contributed by atoms with van der Waals surface area (Å²) in [6.07, 6.45) is 4.29. The SMILES string of the molecule is COC(C)(C)CNC1CCOC2(CCOCC2)C1. The lowest BCUT2D eigenvalue weighted by atomic mass is 9.84. The number of hydrogen-bond acceptors (Lipinski definition) is 4. The highest BCUT2D eigenvalue weighted by Gasteiger charge is 2.39. The molecule has 0 aliphatic carbocycles. The molecule has 2 fully saturated rings. The van der Waals surface area contributed by atoms with Crippen LogP contribution in [0.4, 0.5) is 0 Å². The molecular formula is C14H27NO3. The van der Waals surface area contributed by atoms with Gasteiger partial charge < -0.3 is 19.5 Å². The molecule has 0 amide bonds. The lowest BCUT2D eigenvalue weighted by molar-refractivity contribution is -0.141. The van der Waals surface area contributed by atoms with Crippen LogP contribution in [0.2, 0.25) is 0 Å². The van der Waals surface area contributed by atoms with Gasteiger partial charge in [-0.3, -0.25) is 0 Å². The van der Waals surface area contributed by atoms with E-state index in [9.17, 15) is 0 Å². The summed E-state index contributed by atoms with van der Waals surface area (Å²) in [6.45, 7) is 7.67. The van der Waals surface area contributed by atoms with Crippen LogP contribution in [0.25, 0.3) is 0 Å². The van der Waals surface area contributed by atoms with Crippen molar-refractivity contribution >= 4 is 0 Å². The van der Waals surface area contributed by atoms with Crippen LogP contribution in [-0.2, 0) is 14.2 Å². The molecule has 2 heterocycles. The van der Waals surface area contributed by atoms with Crippen molar-refractivity contribution in [3.05, 3.63) is 0 Å². The van der Waals surface area contributed by atoms with Crippen LogP contribution in [0.15, 0.2) is 0 Å². The minimum atomic E-state index is -0.0961. The molecule has 1 unspecified atom stereocenters. The summed E-state index contributed by atoms with van der Waals surface area (Å²) >= 11 is 0. The van der Waals surface area contributed by atoms with Crippen molar-refractivity contribution in [3.8, 4) is 0 Å². The van der Waals surface area contributed by atoms with Crippen molar-refractivity contribution in [2.24, 2.45) is 0 Å². The highest BCUT2D eigenvalue weighted by molar-refractivity contribution is 4.92. The van der Waals surface area contributed by atoms with E-state index in [1.54, 1.807) is 7.11 Å². The first kappa shape index (κ1) is 14.3. The molecule has 2 aliphatic heterocycles. The summed E-state index contributed by atoms with van der Waals surface area (Å²) in [6, 6.07) is 0.547. The van der Waals surface area contributed by atoms with Crippen LogP contribution < -0.4 is 5.32 Å².